The second-order valence-corrected chi connectivity index (χ2v) is 5.29. The van der Waals surface area contributed by atoms with E-state index >= 15 is 0 Å². The van der Waals surface area contributed by atoms with Crippen LogP contribution in [-0.2, 0) is 13.2 Å². The summed E-state index contributed by atoms with van der Waals surface area (Å²) in [5.74, 6) is 0.528. The first-order chi connectivity index (χ1) is 9.81. The molecule has 4 nitrogen and oxygen atoms in total. The smallest absolute Gasteiger partial charge is 0.232 e. The summed E-state index contributed by atoms with van der Waals surface area (Å²) in [5.41, 5.74) is 1.84. The summed E-state index contributed by atoms with van der Waals surface area (Å²) < 4.78 is 5.65. The summed E-state index contributed by atoms with van der Waals surface area (Å²) in [4.78, 5) is 8.58. The highest BCUT2D eigenvalue weighted by Crippen LogP contribution is 2.19. The Morgan fingerprint density at radius 1 is 1.25 bits per heavy atom. The van der Waals surface area contributed by atoms with E-state index < -0.39 is 0 Å². The minimum Gasteiger partial charge on any atom is -0.472 e. The van der Waals surface area contributed by atoms with E-state index in [-0.39, 0.29) is 0 Å². The Labute approximate surface area is 123 Å². The molecule has 0 radical (unpaired) electrons. The molecule has 3 rings (SSSR count). The lowest BCUT2D eigenvalue weighted by Gasteiger charge is -2.08. The SMILES string of the molecule is Clc1ccccc1COc1cncc(CNC2CC2)n1. The van der Waals surface area contributed by atoms with E-state index in [1.165, 1.54) is 12.8 Å². The summed E-state index contributed by atoms with van der Waals surface area (Å²) in [6, 6.07) is 8.28. The van der Waals surface area contributed by atoms with Gasteiger partial charge < -0.3 is 10.1 Å². The average Bonchev–Trinajstić information content (AvgIpc) is 3.29. The van der Waals surface area contributed by atoms with Crippen LogP contribution in [0.1, 0.15) is 24.1 Å². The molecule has 0 unspecified atom stereocenters. The molecule has 0 amide bonds. The van der Waals surface area contributed by atoms with Gasteiger partial charge in [0.25, 0.3) is 0 Å². The van der Waals surface area contributed by atoms with Crippen molar-refractivity contribution in [2.24, 2.45) is 0 Å². The third kappa shape index (κ3) is 3.68. The van der Waals surface area contributed by atoms with Gasteiger partial charge in [-0.15, -0.1) is 0 Å². The van der Waals surface area contributed by atoms with Gasteiger partial charge in [-0.1, -0.05) is 29.8 Å². The van der Waals surface area contributed by atoms with Crippen molar-refractivity contribution < 1.29 is 4.74 Å². The van der Waals surface area contributed by atoms with E-state index in [2.05, 4.69) is 15.3 Å². The largest absolute Gasteiger partial charge is 0.472 e. The molecule has 1 aliphatic rings. The van der Waals surface area contributed by atoms with Crippen LogP contribution in [0.4, 0.5) is 0 Å². The Morgan fingerprint density at radius 3 is 2.90 bits per heavy atom. The van der Waals surface area contributed by atoms with E-state index in [1.54, 1.807) is 12.4 Å². The van der Waals surface area contributed by atoms with Gasteiger partial charge in [-0.05, 0) is 18.9 Å². The quantitative estimate of drug-likeness (QED) is 0.888. The van der Waals surface area contributed by atoms with Crippen LogP contribution in [0.3, 0.4) is 0 Å². The topological polar surface area (TPSA) is 47.0 Å². The molecule has 1 saturated carbocycles. The zero-order valence-electron chi connectivity index (χ0n) is 11.1. The maximum Gasteiger partial charge on any atom is 0.232 e. The van der Waals surface area contributed by atoms with Gasteiger partial charge in [0, 0.05) is 29.4 Å². The molecule has 0 aliphatic heterocycles. The highest BCUT2D eigenvalue weighted by Gasteiger charge is 2.20. The molecular weight excluding hydrogens is 274 g/mol. The maximum atomic E-state index is 6.09. The predicted octanol–water partition coefficient (Wildman–Crippen LogP) is 2.96. The molecule has 1 fully saturated rings. The summed E-state index contributed by atoms with van der Waals surface area (Å²) >= 11 is 6.09. The predicted molar refractivity (Wildman–Crippen MR) is 77.7 cm³/mol. The van der Waals surface area contributed by atoms with Crippen LogP contribution in [0.25, 0.3) is 0 Å². The van der Waals surface area contributed by atoms with Gasteiger partial charge in [0.1, 0.15) is 6.61 Å². The zero-order chi connectivity index (χ0) is 13.8. The van der Waals surface area contributed by atoms with Crippen molar-refractivity contribution in [2.45, 2.75) is 32.0 Å². The Bertz CT molecular complexity index is 587. The molecule has 0 bridgehead atoms. The van der Waals surface area contributed by atoms with Crippen LogP contribution in [0.15, 0.2) is 36.7 Å². The fourth-order valence-corrected chi connectivity index (χ4v) is 2.03. The number of halogens is 1. The lowest BCUT2D eigenvalue weighted by molar-refractivity contribution is 0.291. The molecule has 20 heavy (non-hydrogen) atoms. The number of ether oxygens (including phenoxy) is 1. The fourth-order valence-electron chi connectivity index (χ4n) is 1.84. The minimum atomic E-state index is 0.397. The standard InChI is InChI=1S/C15H16ClN3O/c16-14-4-2-1-3-11(14)10-20-15-9-17-7-13(19-15)8-18-12-5-6-12/h1-4,7,9,12,18H,5-6,8,10H2. The summed E-state index contributed by atoms with van der Waals surface area (Å²) in [5, 5.41) is 4.10. The molecule has 0 saturated heterocycles. The van der Waals surface area contributed by atoms with E-state index in [1.807, 2.05) is 24.3 Å². The maximum absolute atomic E-state index is 6.09. The third-order valence-electron chi connectivity index (χ3n) is 3.14. The van der Waals surface area contributed by atoms with E-state index in [0.717, 1.165) is 17.8 Å². The van der Waals surface area contributed by atoms with Gasteiger partial charge >= 0.3 is 0 Å². The summed E-state index contributed by atoms with van der Waals surface area (Å²) in [7, 11) is 0. The Balaban J connectivity index is 1.59. The summed E-state index contributed by atoms with van der Waals surface area (Å²) in [6.45, 7) is 1.13. The Hall–Kier alpha value is -1.65. The van der Waals surface area contributed by atoms with Gasteiger partial charge in [0.05, 0.1) is 11.9 Å². The van der Waals surface area contributed by atoms with Crippen molar-refractivity contribution in [3.05, 3.63) is 52.9 Å². The fraction of sp³-hybridized carbons (Fsp3) is 0.333. The average molecular weight is 290 g/mol. The Morgan fingerprint density at radius 2 is 2.10 bits per heavy atom. The number of nitrogens with one attached hydrogen (secondary N) is 1. The molecule has 0 atom stereocenters. The Kier molecular flexibility index (Phi) is 4.14. The lowest BCUT2D eigenvalue weighted by atomic mass is 10.2. The highest BCUT2D eigenvalue weighted by atomic mass is 35.5. The molecular formula is C15H16ClN3O. The first-order valence-corrected chi connectivity index (χ1v) is 7.09. The van der Waals surface area contributed by atoms with Crippen molar-refractivity contribution in [1.82, 2.24) is 15.3 Å². The lowest BCUT2D eigenvalue weighted by Crippen LogP contribution is -2.16. The van der Waals surface area contributed by atoms with Crippen LogP contribution < -0.4 is 10.1 Å². The van der Waals surface area contributed by atoms with Crippen molar-refractivity contribution >= 4 is 11.6 Å². The van der Waals surface area contributed by atoms with Crippen LogP contribution in [0.2, 0.25) is 5.02 Å². The van der Waals surface area contributed by atoms with Crippen LogP contribution in [0.5, 0.6) is 5.88 Å². The van der Waals surface area contributed by atoms with E-state index in [9.17, 15) is 0 Å². The molecule has 1 heterocycles. The monoisotopic (exact) mass is 289 g/mol. The van der Waals surface area contributed by atoms with Crippen LogP contribution in [0, 0.1) is 0 Å². The van der Waals surface area contributed by atoms with Crippen molar-refractivity contribution in [1.29, 1.82) is 0 Å². The van der Waals surface area contributed by atoms with E-state index in [4.69, 9.17) is 16.3 Å². The number of nitrogens with zero attached hydrogens (tertiary/aromatic N) is 2. The van der Waals surface area contributed by atoms with Crippen LogP contribution in [-0.4, -0.2) is 16.0 Å². The van der Waals surface area contributed by atoms with Crippen molar-refractivity contribution in [2.75, 3.05) is 0 Å². The first-order valence-electron chi connectivity index (χ1n) is 6.72. The van der Waals surface area contributed by atoms with Gasteiger partial charge in [-0.2, -0.15) is 0 Å². The molecule has 1 aromatic heterocycles. The van der Waals surface area contributed by atoms with Gasteiger partial charge in [0.15, 0.2) is 0 Å². The number of benzene rings is 1. The second kappa shape index (κ2) is 6.20. The second-order valence-electron chi connectivity index (χ2n) is 4.88. The molecule has 0 spiro atoms. The molecule has 1 N–H and O–H groups in total. The molecule has 2 aromatic rings. The molecule has 1 aliphatic carbocycles. The molecule has 5 heteroatoms. The zero-order valence-corrected chi connectivity index (χ0v) is 11.8. The number of aromatic nitrogens is 2. The first kappa shape index (κ1) is 13.3. The van der Waals surface area contributed by atoms with Crippen LogP contribution >= 0.6 is 11.6 Å². The normalized spacial score (nSPS) is 14.2. The third-order valence-corrected chi connectivity index (χ3v) is 3.51. The van der Waals surface area contributed by atoms with Gasteiger partial charge in [-0.25, -0.2) is 4.98 Å². The van der Waals surface area contributed by atoms with Gasteiger partial charge in [-0.3, -0.25) is 4.98 Å². The van der Waals surface area contributed by atoms with Gasteiger partial charge in [0.2, 0.25) is 5.88 Å². The highest BCUT2D eigenvalue weighted by molar-refractivity contribution is 6.31. The summed E-state index contributed by atoms with van der Waals surface area (Å²) in [6.07, 6.45) is 5.90. The van der Waals surface area contributed by atoms with Crippen molar-refractivity contribution in [3.63, 3.8) is 0 Å². The number of hydrogen-bond donors (Lipinski definition) is 1. The number of rotatable bonds is 6. The van der Waals surface area contributed by atoms with Crippen molar-refractivity contribution in [3.8, 4) is 5.88 Å². The molecule has 104 valence electrons. The van der Waals surface area contributed by atoms with E-state index in [0.29, 0.717) is 23.6 Å². The number of hydrogen-bond acceptors (Lipinski definition) is 4. The minimum absolute atomic E-state index is 0.397. The molecule has 1 aromatic carbocycles.